The number of hydrogen-bond donors (Lipinski definition) is 2. The quantitative estimate of drug-likeness (QED) is 0.882. The van der Waals surface area contributed by atoms with Crippen LogP contribution in [0.4, 0.5) is 23.7 Å². The highest BCUT2D eigenvalue weighted by Crippen LogP contribution is 2.30. The van der Waals surface area contributed by atoms with E-state index in [0.717, 1.165) is 12.1 Å². The van der Waals surface area contributed by atoms with E-state index in [-0.39, 0.29) is 12.2 Å². The van der Waals surface area contributed by atoms with E-state index < -0.39 is 17.8 Å². The minimum Gasteiger partial charge on any atom is -0.332 e. The van der Waals surface area contributed by atoms with Gasteiger partial charge in [-0.25, -0.2) is 4.79 Å². The smallest absolute Gasteiger partial charge is 0.332 e. The van der Waals surface area contributed by atoms with Crippen LogP contribution < -0.4 is 10.6 Å². The number of benzene rings is 1. The molecule has 5 nitrogen and oxygen atoms in total. The van der Waals surface area contributed by atoms with Crippen molar-refractivity contribution in [3.8, 4) is 0 Å². The predicted molar refractivity (Wildman–Crippen MR) is 80.2 cm³/mol. The van der Waals surface area contributed by atoms with Crippen LogP contribution in [0.5, 0.6) is 0 Å². The molecule has 0 radical (unpaired) electrons. The van der Waals surface area contributed by atoms with Crippen LogP contribution in [0.3, 0.4) is 0 Å². The van der Waals surface area contributed by atoms with Gasteiger partial charge in [0.2, 0.25) is 0 Å². The second-order valence-corrected chi connectivity index (χ2v) is 5.05. The van der Waals surface area contributed by atoms with Crippen molar-refractivity contribution in [1.29, 1.82) is 0 Å². The normalized spacial score (nSPS) is 11.3. The Labute approximate surface area is 135 Å². The number of nitrogens with one attached hydrogen (secondary N) is 2. The van der Waals surface area contributed by atoms with Gasteiger partial charge in [-0.1, -0.05) is 17.7 Å². The first kappa shape index (κ1) is 17.1. The first-order valence-corrected chi connectivity index (χ1v) is 7.11. The summed E-state index contributed by atoms with van der Waals surface area (Å²) >= 11 is 5.96. The highest BCUT2D eigenvalue weighted by molar-refractivity contribution is 6.31. The molecule has 2 rings (SSSR count). The number of anilines is 1. The molecule has 0 aliphatic heterocycles. The number of hydrogen-bond acceptors (Lipinski definition) is 2. The molecule has 0 aliphatic carbocycles. The van der Waals surface area contributed by atoms with Gasteiger partial charge in [0.05, 0.1) is 29.0 Å². The fourth-order valence-electron chi connectivity index (χ4n) is 1.95. The Kier molecular flexibility index (Phi) is 5.15. The van der Waals surface area contributed by atoms with E-state index >= 15 is 0 Å². The third-order valence-corrected chi connectivity index (χ3v) is 3.38. The molecular formula is C14H14ClF3N4O. The Morgan fingerprint density at radius 3 is 2.78 bits per heavy atom. The maximum Gasteiger partial charge on any atom is 0.416 e. The molecule has 2 amide bonds. The average molecular weight is 347 g/mol. The fraction of sp³-hybridized carbons (Fsp3) is 0.286. The van der Waals surface area contributed by atoms with Gasteiger partial charge in [-0.3, -0.25) is 4.68 Å². The van der Waals surface area contributed by atoms with Gasteiger partial charge in [0.15, 0.2) is 0 Å². The van der Waals surface area contributed by atoms with Gasteiger partial charge in [0.1, 0.15) is 0 Å². The van der Waals surface area contributed by atoms with Crippen LogP contribution in [-0.2, 0) is 19.3 Å². The van der Waals surface area contributed by atoms with Crippen LogP contribution in [0.2, 0.25) is 5.02 Å². The lowest BCUT2D eigenvalue weighted by atomic mass is 10.2. The van der Waals surface area contributed by atoms with Gasteiger partial charge >= 0.3 is 12.2 Å². The van der Waals surface area contributed by atoms with Gasteiger partial charge in [0, 0.05) is 12.2 Å². The summed E-state index contributed by atoms with van der Waals surface area (Å²) in [6.45, 7) is 2.56. The maximum atomic E-state index is 12.6. The number of aryl methyl sites for hydroxylation is 1. The number of aromatic nitrogens is 2. The highest BCUT2D eigenvalue weighted by Gasteiger charge is 2.30. The highest BCUT2D eigenvalue weighted by atomic mass is 35.5. The minimum atomic E-state index is -4.46. The molecule has 2 aromatic rings. The van der Waals surface area contributed by atoms with Crippen molar-refractivity contribution >= 4 is 23.3 Å². The third-order valence-electron chi connectivity index (χ3n) is 3.06. The third kappa shape index (κ3) is 4.38. The number of nitrogens with zero attached hydrogens (tertiary/aromatic N) is 2. The van der Waals surface area contributed by atoms with Crippen molar-refractivity contribution in [1.82, 2.24) is 15.1 Å². The summed E-state index contributed by atoms with van der Waals surface area (Å²) in [6, 6.07) is 3.76. The Morgan fingerprint density at radius 2 is 2.13 bits per heavy atom. The summed E-state index contributed by atoms with van der Waals surface area (Å²) in [6.07, 6.45) is -3.00. The van der Waals surface area contributed by atoms with Crippen molar-refractivity contribution in [2.24, 2.45) is 0 Å². The zero-order chi connectivity index (χ0) is 17.0. The molecule has 0 bridgehead atoms. The van der Waals surface area contributed by atoms with Crippen LogP contribution in [0.15, 0.2) is 30.5 Å². The standard InChI is InChI=1S/C14H14ClF3N4O/c1-2-22-12(11(15)7-20-22)8-19-13(23)21-10-5-3-4-9(6-10)14(16,17)18/h3-7H,2,8H2,1H3,(H2,19,21,23). The molecule has 0 fully saturated rings. The molecule has 23 heavy (non-hydrogen) atoms. The summed E-state index contributed by atoms with van der Waals surface area (Å²) in [5.74, 6) is 0. The molecular weight excluding hydrogens is 333 g/mol. The van der Waals surface area contributed by atoms with E-state index in [1.165, 1.54) is 18.3 Å². The molecule has 0 atom stereocenters. The summed E-state index contributed by atoms with van der Waals surface area (Å²) in [5, 5.41) is 9.31. The molecule has 0 unspecified atom stereocenters. The van der Waals surface area contributed by atoms with Crippen LogP contribution in [-0.4, -0.2) is 15.8 Å². The summed E-state index contributed by atoms with van der Waals surface area (Å²) in [4.78, 5) is 11.8. The van der Waals surface area contributed by atoms with E-state index in [9.17, 15) is 18.0 Å². The van der Waals surface area contributed by atoms with E-state index in [1.807, 2.05) is 6.92 Å². The summed E-state index contributed by atoms with van der Waals surface area (Å²) in [5.41, 5.74) is -0.164. The number of carbonyl (C=O) groups is 1. The number of halogens is 4. The second kappa shape index (κ2) is 6.91. The van der Waals surface area contributed by atoms with Gasteiger partial charge in [-0.15, -0.1) is 0 Å². The SMILES string of the molecule is CCn1ncc(Cl)c1CNC(=O)Nc1cccc(C(F)(F)F)c1. The molecule has 1 heterocycles. The maximum absolute atomic E-state index is 12.6. The fourth-order valence-corrected chi connectivity index (χ4v) is 2.16. The minimum absolute atomic E-state index is 0.0485. The lowest BCUT2D eigenvalue weighted by molar-refractivity contribution is -0.137. The van der Waals surface area contributed by atoms with Crippen LogP contribution in [0.1, 0.15) is 18.2 Å². The topological polar surface area (TPSA) is 59.0 Å². The van der Waals surface area contributed by atoms with Crippen molar-refractivity contribution in [2.45, 2.75) is 26.2 Å². The first-order valence-electron chi connectivity index (χ1n) is 6.73. The molecule has 1 aromatic carbocycles. The van der Waals surface area contributed by atoms with E-state index in [1.54, 1.807) is 4.68 Å². The number of carbonyl (C=O) groups excluding carboxylic acids is 1. The Bertz CT molecular complexity index is 700. The Hall–Kier alpha value is -2.22. The van der Waals surface area contributed by atoms with Crippen LogP contribution >= 0.6 is 11.6 Å². The monoisotopic (exact) mass is 346 g/mol. The average Bonchev–Trinajstić information content (AvgIpc) is 2.85. The van der Waals surface area contributed by atoms with Gasteiger partial charge in [-0.05, 0) is 25.1 Å². The molecule has 0 spiro atoms. The lowest BCUT2D eigenvalue weighted by Crippen LogP contribution is -2.29. The molecule has 0 saturated carbocycles. The zero-order valence-electron chi connectivity index (χ0n) is 12.1. The molecule has 9 heteroatoms. The van der Waals surface area contributed by atoms with Gasteiger partial charge < -0.3 is 10.6 Å². The van der Waals surface area contributed by atoms with Crippen LogP contribution in [0.25, 0.3) is 0 Å². The number of alkyl halides is 3. The van der Waals surface area contributed by atoms with Crippen molar-refractivity contribution in [3.05, 3.63) is 46.7 Å². The molecule has 0 saturated heterocycles. The largest absolute Gasteiger partial charge is 0.416 e. The van der Waals surface area contributed by atoms with Crippen molar-refractivity contribution in [2.75, 3.05) is 5.32 Å². The second-order valence-electron chi connectivity index (χ2n) is 4.64. The van der Waals surface area contributed by atoms with Crippen molar-refractivity contribution in [3.63, 3.8) is 0 Å². The van der Waals surface area contributed by atoms with Gasteiger partial charge in [0.25, 0.3) is 0 Å². The number of amides is 2. The number of rotatable bonds is 4. The van der Waals surface area contributed by atoms with Gasteiger partial charge in [-0.2, -0.15) is 18.3 Å². The van der Waals surface area contributed by atoms with E-state index in [0.29, 0.717) is 17.3 Å². The Morgan fingerprint density at radius 1 is 1.39 bits per heavy atom. The van der Waals surface area contributed by atoms with E-state index in [2.05, 4.69) is 15.7 Å². The summed E-state index contributed by atoms with van der Waals surface area (Å²) < 4.78 is 39.5. The molecule has 0 aliphatic rings. The first-order chi connectivity index (χ1) is 10.8. The molecule has 1 aromatic heterocycles. The molecule has 2 N–H and O–H groups in total. The zero-order valence-corrected chi connectivity index (χ0v) is 12.9. The summed E-state index contributed by atoms with van der Waals surface area (Å²) in [7, 11) is 0. The van der Waals surface area contributed by atoms with Crippen molar-refractivity contribution < 1.29 is 18.0 Å². The van der Waals surface area contributed by atoms with Crippen LogP contribution in [0, 0.1) is 0 Å². The number of urea groups is 1. The lowest BCUT2D eigenvalue weighted by Gasteiger charge is -2.11. The van der Waals surface area contributed by atoms with E-state index in [4.69, 9.17) is 11.6 Å². The molecule has 124 valence electrons. The Balaban J connectivity index is 1.99. The predicted octanol–water partition coefficient (Wildman–Crippen LogP) is 3.90.